The number of nitrogens with zero attached hydrogens (tertiary/aromatic N) is 3. The number of nitrogens with two attached hydrogens (primary N) is 1. The van der Waals surface area contributed by atoms with Crippen molar-refractivity contribution in [3.63, 3.8) is 0 Å². The van der Waals surface area contributed by atoms with Gasteiger partial charge in [0.05, 0.1) is 6.07 Å². The first-order valence-corrected chi connectivity index (χ1v) is 5.60. The summed E-state index contributed by atoms with van der Waals surface area (Å²) in [6.07, 6.45) is 0.660. The van der Waals surface area contributed by atoms with Crippen LogP contribution in [-0.2, 0) is 0 Å². The van der Waals surface area contributed by atoms with E-state index in [1.807, 2.05) is 0 Å². The summed E-state index contributed by atoms with van der Waals surface area (Å²) in [7, 11) is 0. The van der Waals surface area contributed by atoms with E-state index in [1.165, 1.54) is 11.3 Å². The molecule has 1 heterocycles. The molecule has 1 aromatic rings. The molecule has 1 rings (SSSR count). The highest BCUT2D eigenvalue weighted by atomic mass is 32.2. The van der Waals surface area contributed by atoms with Crippen LogP contribution in [0.4, 0.5) is 0 Å². The molecule has 0 aromatic carbocycles. The van der Waals surface area contributed by atoms with Crippen LogP contribution in [0, 0.1) is 11.3 Å². The van der Waals surface area contributed by atoms with Gasteiger partial charge in [0.2, 0.25) is 0 Å². The van der Waals surface area contributed by atoms with Crippen molar-refractivity contribution in [3.8, 4) is 6.07 Å². The minimum Gasteiger partial charge on any atom is -0.314 e. The summed E-state index contributed by atoms with van der Waals surface area (Å²) < 4.78 is 0.925. The maximum absolute atomic E-state index is 8.64. The Bertz CT molecular complexity index is 288. The lowest BCUT2D eigenvalue weighted by Gasteiger charge is -2.13. The summed E-state index contributed by atoms with van der Waals surface area (Å²) in [4.78, 5) is 0. The highest BCUT2D eigenvalue weighted by molar-refractivity contribution is 8.00. The van der Waals surface area contributed by atoms with Crippen LogP contribution in [0.5, 0.6) is 0 Å². The Hall–Kier alpha value is -0.640. The zero-order chi connectivity index (χ0) is 9.73. The molecule has 0 aliphatic heterocycles. The van der Waals surface area contributed by atoms with E-state index < -0.39 is 5.54 Å². The van der Waals surface area contributed by atoms with Crippen LogP contribution in [0.3, 0.4) is 0 Å². The second-order valence-electron chi connectivity index (χ2n) is 2.83. The van der Waals surface area contributed by atoms with E-state index in [9.17, 15) is 0 Å². The Kier molecular flexibility index (Phi) is 3.66. The summed E-state index contributed by atoms with van der Waals surface area (Å²) in [6, 6.07) is 2.05. The highest BCUT2D eigenvalue weighted by Gasteiger charge is 2.16. The Morgan fingerprint density at radius 3 is 3.15 bits per heavy atom. The monoisotopic (exact) mass is 214 g/mol. The van der Waals surface area contributed by atoms with E-state index in [4.69, 9.17) is 11.0 Å². The number of thioether (sulfide) groups is 1. The molecule has 1 aromatic heterocycles. The van der Waals surface area contributed by atoms with E-state index in [2.05, 4.69) is 16.3 Å². The van der Waals surface area contributed by atoms with Crippen molar-refractivity contribution in [2.24, 2.45) is 5.73 Å². The molecule has 1 atom stereocenters. The van der Waals surface area contributed by atoms with Crippen molar-refractivity contribution in [2.75, 3.05) is 5.75 Å². The van der Waals surface area contributed by atoms with Crippen molar-refractivity contribution in [2.45, 2.75) is 23.2 Å². The zero-order valence-electron chi connectivity index (χ0n) is 7.23. The van der Waals surface area contributed by atoms with Gasteiger partial charge in [0.15, 0.2) is 4.34 Å². The lowest BCUT2D eigenvalue weighted by Crippen LogP contribution is -2.34. The molecule has 0 radical (unpaired) electrons. The third kappa shape index (κ3) is 3.72. The van der Waals surface area contributed by atoms with Gasteiger partial charge in [0, 0.05) is 5.75 Å². The van der Waals surface area contributed by atoms with Crippen LogP contribution in [0.25, 0.3) is 0 Å². The fourth-order valence-corrected chi connectivity index (χ4v) is 2.37. The normalized spacial score (nSPS) is 14.8. The molecule has 2 N–H and O–H groups in total. The predicted octanol–water partition coefficient (Wildman–Crippen LogP) is 1.26. The molecule has 0 bridgehead atoms. The van der Waals surface area contributed by atoms with Crippen LogP contribution in [0.15, 0.2) is 9.85 Å². The first-order chi connectivity index (χ1) is 6.14. The zero-order valence-corrected chi connectivity index (χ0v) is 8.86. The highest BCUT2D eigenvalue weighted by Crippen LogP contribution is 2.21. The van der Waals surface area contributed by atoms with Crippen LogP contribution < -0.4 is 5.73 Å². The Labute approximate surface area is 85.2 Å². The van der Waals surface area contributed by atoms with Gasteiger partial charge in [0.25, 0.3) is 0 Å². The van der Waals surface area contributed by atoms with E-state index in [1.54, 1.807) is 24.2 Å². The van der Waals surface area contributed by atoms with Crippen molar-refractivity contribution < 1.29 is 0 Å². The molecule has 0 saturated carbocycles. The lowest BCUT2D eigenvalue weighted by atomic mass is 10.0. The van der Waals surface area contributed by atoms with E-state index in [0.29, 0.717) is 6.42 Å². The largest absolute Gasteiger partial charge is 0.314 e. The number of rotatable bonds is 4. The topological polar surface area (TPSA) is 75.6 Å². The Morgan fingerprint density at radius 2 is 2.62 bits per heavy atom. The molecule has 0 saturated heterocycles. The van der Waals surface area contributed by atoms with E-state index >= 15 is 0 Å². The molecule has 0 aliphatic carbocycles. The summed E-state index contributed by atoms with van der Waals surface area (Å²) >= 11 is 3.08. The molecular formula is C7H10N4S2. The first kappa shape index (κ1) is 10.4. The maximum atomic E-state index is 8.64. The quantitative estimate of drug-likeness (QED) is 0.764. The smallest absolute Gasteiger partial charge is 0.174 e. The van der Waals surface area contributed by atoms with Gasteiger partial charge in [-0.05, 0) is 13.3 Å². The minimum absolute atomic E-state index is 0.660. The summed E-state index contributed by atoms with van der Waals surface area (Å²) in [5, 5.41) is 16.2. The number of hydrogen-bond acceptors (Lipinski definition) is 6. The van der Waals surface area contributed by atoms with Gasteiger partial charge < -0.3 is 5.73 Å². The average molecular weight is 214 g/mol. The molecule has 1 unspecified atom stereocenters. The fourth-order valence-electron chi connectivity index (χ4n) is 0.632. The van der Waals surface area contributed by atoms with E-state index in [-0.39, 0.29) is 0 Å². The molecule has 0 aliphatic rings. The summed E-state index contributed by atoms with van der Waals surface area (Å²) in [6.45, 7) is 1.73. The third-order valence-corrected chi connectivity index (χ3v) is 3.30. The SMILES string of the molecule is CC(N)(C#N)CCSc1nncs1. The van der Waals surface area contributed by atoms with Gasteiger partial charge in [-0.2, -0.15) is 5.26 Å². The summed E-state index contributed by atoms with van der Waals surface area (Å²) in [5.41, 5.74) is 6.61. The third-order valence-electron chi connectivity index (χ3n) is 1.44. The van der Waals surface area contributed by atoms with Crippen LogP contribution in [0.1, 0.15) is 13.3 Å². The first-order valence-electron chi connectivity index (χ1n) is 3.73. The number of aromatic nitrogens is 2. The molecule has 6 heteroatoms. The molecule has 13 heavy (non-hydrogen) atoms. The molecular weight excluding hydrogens is 204 g/mol. The Balaban J connectivity index is 2.26. The molecule has 0 amide bonds. The van der Waals surface area contributed by atoms with E-state index in [0.717, 1.165) is 10.1 Å². The summed E-state index contributed by atoms with van der Waals surface area (Å²) in [5.74, 6) is 0.801. The predicted molar refractivity (Wildman–Crippen MR) is 53.5 cm³/mol. The van der Waals surface area contributed by atoms with Crippen LogP contribution in [-0.4, -0.2) is 21.5 Å². The number of nitriles is 1. The van der Waals surface area contributed by atoms with Gasteiger partial charge in [0.1, 0.15) is 11.0 Å². The van der Waals surface area contributed by atoms with Gasteiger partial charge >= 0.3 is 0 Å². The number of hydrogen-bond donors (Lipinski definition) is 1. The van der Waals surface area contributed by atoms with Gasteiger partial charge in [-0.3, -0.25) is 0 Å². The second-order valence-corrected chi connectivity index (χ2v) is 5.01. The van der Waals surface area contributed by atoms with Crippen molar-refractivity contribution in [1.29, 1.82) is 5.26 Å². The van der Waals surface area contributed by atoms with Crippen LogP contribution >= 0.6 is 23.1 Å². The van der Waals surface area contributed by atoms with Crippen molar-refractivity contribution in [3.05, 3.63) is 5.51 Å². The molecule has 4 nitrogen and oxygen atoms in total. The lowest BCUT2D eigenvalue weighted by molar-refractivity contribution is 0.583. The maximum Gasteiger partial charge on any atom is 0.174 e. The van der Waals surface area contributed by atoms with Crippen LogP contribution in [0.2, 0.25) is 0 Å². The second kappa shape index (κ2) is 4.56. The van der Waals surface area contributed by atoms with Gasteiger partial charge in [-0.25, -0.2) is 0 Å². The molecule has 70 valence electrons. The standard InChI is InChI=1S/C7H10N4S2/c1-7(9,4-8)2-3-12-6-11-10-5-13-6/h5H,2-3,9H2,1H3. The molecule has 0 fully saturated rings. The fraction of sp³-hybridized carbons (Fsp3) is 0.571. The van der Waals surface area contributed by atoms with Crippen molar-refractivity contribution in [1.82, 2.24) is 10.2 Å². The average Bonchev–Trinajstić information content (AvgIpc) is 2.57. The van der Waals surface area contributed by atoms with Crippen molar-refractivity contribution >= 4 is 23.1 Å². The van der Waals surface area contributed by atoms with Gasteiger partial charge in [-0.1, -0.05) is 23.1 Å². The van der Waals surface area contributed by atoms with Gasteiger partial charge in [-0.15, -0.1) is 10.2 Å². The molecule has 0 spiro atoms. The minimum atomic E-state index is -0.725. The Morgan fingerprint density at radius 1 is 1.85 bits per heavy atom.